The Hall–Kier alpha value is -0.600. The first-order valence-electron chi connectivity index (χ1n) is 3.99. The van der Waals surface area contributed by atoms with Crippen molar-refractivity contribution < 1.29 is 4.74 Å². The van der Waals surface area contributed by atoms with E-state index in [0.29, 0.717) is 18.9 Å². The zero-order chi connectivity index (χ0) is 7.84. The first kappa shape index (κ1) is 7.07. The molecule has 2 heteroatoms. The molecule has 2 nitrogen and oxygen atoms in total. The Morgan fingerprint density at radius 3 is 2.82 bits per heavy atom. The Morgan fingerprint density at radius 2 is 2.09 bits per heavy atom. The molecule has 0 radical (unpaired) electrons. The quantitative estimate of drug-likeness (QED) is 0.562. The minimum absolute atomic E-state index is 0.292. The van der Waals surface area contributed by atoms with E-state index in [9.17, 15) is 0 Å². The zero-order valence-corrected chi connectivity index (χ0v) is 6.92. The third kappa shape index (κ3) is 1.03. The summed E-state index contributed by atoms with van der Waals surface area (Å²) in [6, 6.07) is 0.431. The third-order valence-electron chi connectivity index (χ3n) is 2.42. The van der Waals surface area contributed by atoms with E-state index in [4.69, 9.17) is 4.74 Å². The molecule has 0 aromatic heterocycles. The average molecular weight is 151 g/mol. The number of hydrogen-bond donors (Lipinski definition) is 1. The summed E-state index contributed by atoms with van der Waals surface area (Å²) < 4.78 is 5.52. The van der Waals surface area contributed by atoms with Gasteiger partial charge < -0.3 is 4.74 Å². The highest BCUT2D eigenvalue weighted by Crippen LogP contribution is 2.24. The van der Waals surface area contributed by atoms with E-state index >= 15 is 0 Å². The second-order valence-electron chi connectivity index (χ2n) is 3.23. The van der Waals surface area contributed by atoms with Crippen molar-refractivity contribution in [3.63, 3.8) is 0 Å². The molecule has 0 aromatic rings. The Bertz CT molecular complexity index is 206. The summed E-state index contributed by atoms with van der Waals surface area (Å²) in [6.45, 7) is 4.95. The lowest BCUT2D eigenvalue weighted by molar-refractivity contribution is 0.131. The Balaban J connectivity index is 2.30. The summed E-state index contributed by atoms with van der Waals surface area (Å²) in [4.78, 5) is 0. The maximum absolute atomic E-state index is 5.52. The van der Waals surface area contributed by atoms with Crippen LogP contribution in [0.1, 0.15) is 13.8 Å². The second-order valence-corrected chi connectivity index (χ2v) is 3.23. The predicted molar refractivity (Wildman–Crippen MR) is 44.2 cm³/mol. The van der Waals surface area contributed by atoms with Gasteiger partial charge in [-0.2, -0.15) is 0 Å². The lowest BCUT2D eigenvalue weighted by Crippen LogP contribution is -2.34. The van der Waals surface area contributed by atoms with Crippen molar-refractivity contribution in [2.75, 3.05) is 6.73 Å². The van der Waals surface area contributed by atoms with Crippen LogP contribution >= 0.6 is 0 Å². The van der Waals surface area contributed by atoms with Crippen LogP contribution in [0.3, 0.4) is 0 Å². The van der Waals surface area contributed by atoms with E-state index in [2.05, 4.69) is 31.3 Å². The first-order valence-corrected chi connectivity index (χ1v) is 3.99. The molecule has 2 unspecified atom stereocenters. The molecule has 1 aliphatic carbocycles. The molecule has 1 N–H and O–H groups in total. The lowest BCUT2D eigenvalue weighted by atomic mass is 9.93. The maximum atomic E-state index is 5.52. The molecular formula is C9H13NO. The molecule has 11 heavy (non-hydrogen) atoms. The summed E-state index contributed by atoms with van der Waals surface area (Å²) in [5, 5.41) is 3.31. The molecule has 2 atom stereocenters. The molecule has 0 saturated carbocycles. The van der Waals surface area contributed by atoms with Crippen molar-refractivity contribution in [3.8, 4) is 0 Å². The van der Waals surface area contributed by atoms with Gasteiger partial charge >= 0.3 is 0 Å². The van der Waals surface area contributed by atoms with Gasteiger partial charge in [-0.15, -0.1) is 0 Å². The topological polar surface area (TPSA) is 21.3 Å². The van der Waals surface area contributed by atoms with Gasteiger partial charge in [-0.25, -0.2) is 0 Å². The van der Waals surface area contributed by atoms with E-state index in [-0.39, 0.29) is 0 Å². The van der Waals surface area contributed by atoms with Crippen molar-refractivity contribution in [3.05, 3.63) is 23.3 Å². The SMILES string of the molecule is CC1=CC=C(C)C2OCNC12. The van der Waals surface area contributed by atoms with Crippen molar-refractivity contribution in [1.29, 1.82) is 0 Å². The zero-order valence-electron chi connectivity index (χ0n) is 6.92. The van der Waals surface area contributed by atoms with E-state index in [1.54, 1.807) is 0 Å². The molecule has 0 amide bonds. The largest absolute Gasteiger partial charge is 0.357 e. The van der Waals surface area contributed by atoms with Crippen LogP contribution in [0.15, 0.2) is 23.3 Å². The fourth-order valence-electron chi connectivity index (χ4n) is 1.69. The standard InChI is InChI=1S/C9H13NO/c1-6-3-4-7(2)9-8(6)10-5-11-9/h3-4,8-10H,5H2,1-2H3. The number of allylic oxidation sites excluding steroid dienone is 2. The fourth-order valence-corrected chi connectivity index (χ4v) is 1.69. The summed E-state index contributed by atoms with van der Waals surface area (Å²) in [6.07, 6.45) is 4.60. The second kappa shape index (κ2) is 2.47. The molecular weight excluding hydrogens is 138 g/mol. The van der Waals surface area contributed by atoms with E-state index in [0.717, 1.165) is 0 Å². The van der Waals surface area contributed by atoms with Crippen LogP contribution in [0.25, 0.3) is 0 Å². The van der Waals surface area contributed by atoms with Gasteiger partial charge in [-0.1, -0.05) is 17.7 Å². The van der Waals surface area contributed by atoms with Gasteiger partial charge in [-0.05, 0) is 19.4 Å². The Morgan fingerprint density at radius 1 is 1.36 bits per heavy atom. The highest BCUT2D eigenvalue weighted by molar-refractivity contribution is 5.32. The minimum atomic E-state index is 0.292. The maximum Gasteiger partial charge on any atom is 0.0995 e. The number of hydrogen-bond acceptors (Lipinski definition) is 2. The van der Waals surface area contributed by atoms with Crippen molar-refractivity contribution in [2.45, 2.75) is 26.0 Å². The molecule has 2 rings (SSSR count). The molecule has 0 bridgehead atoms. The smallest absolute Gasteiger partial charge is 0.0995 e. The molecule has 1 fully saturated rings. The summed E-state index contributed by atoms with van der Waals surface area (Å²) in [5.41, 5.74) is 2.70. The van der Waals surface area contributed by atoms with Crippen LogP contribution in [-0.2, 0) is 4.74 Å². The highest BCUT2D eigenvalue weighted by atomic mass is 16.5. The summed E-state index contributed by atoms with van der Waals surface area (Å²) in [5.74, 6) is 0. The van der Waals surface area contributed by atoms with Gasteiger partial charge in [0.2, 0.25) is 0 Å². The molecule has 60 valence electrons. The van der Waals surface area contributed by atoms with Crippen LogP contribution in [0.4, 0.5) is 0 Å². The van der Waals surface area contributed by atoms with Gasteiger partial charge in [0.15, 0.2) is 0 Å². The molecule has 0 spiro atoms. The lowest BCUT2D eigenvalue weighted by Gasteiger charge is -2.22. The predicted octanol–water partition coefficient (Wildman–Crippen LogP) is 1.21. The number of fused-ring (bicyclic) bond motifs is 1. The molecule has 1 saturated heterocycles. The van der Waals surface area contributed by atoms with Crippen LogP contribution in [0.5, 0.6) is 0 Å². The van der Waals surface area contributed by atoms with E-state index in [1.165, 1.54) is 11.1 Å². The van der Waals surface area contributed by atoms with Crippen molar-refractivity contribution in [2.24, 2.45) is 0 Å². The third-order valence-corrected chi connectivity index (χ3v) is 2.42. The van der Waals surface area contributed by atoms with Crippen LogP contribution in [0, 0.1) is 0 Å². The molecule has 1 heterocycles. The van der Waals surface area contributed by atoms with Crippen molar-refractivity contribution >= 4 is 0 Å². The number of ether oxygens (including phenoxy) is 1. The van der Waals surface area contributed by atoms with Gasteiger partial charge in [0, 0.05) is 0 Å². The number of rotatable bonds is 0. The van der Waals surface area contributed by atoms with Crippen LogP contribution in [-0.4, -0.2) is 18.9 Å². The van der Waals surface area contributed by atoms with E-state index in [1.807, 2.05) is 0 Å². The van der Waals surface area contributed by atoms with Crippen molar-refractivity contribution in [1.82, 2.24) is 5.32 Å². The first-order chi connectivity index (χ1) is 5.29. The molecule has 1 aliphatic heterocycles. The minimum Gasteiger partial charge on any atom is -0.357 e. The summed E-state index contributed by atoms with van der Waals surface area (Å²) in [7, 11) is 0. The Labute approximate surface area is 66.9 Å². The van der Waals surface area contributed by atoms with Gasteiger partial charge in [0.1, 0.15) is 0 Å². The summed E-state index contributed by atoms with van der Waals surface area (Å²) >= 11 is 0. The van der Waals surface area contributed by atoms with Crippen LogP contribution in [0.2, 0.25) is 0 Å². The average Bonchev–Trinajstić information content (AvgIpc) is 2.45. The van der Waals surface area contributed by atoms with Crippen LogP contribution < -0.4 is 5.32 Å². The van der Waals surface area contributed by atoms with E-state index < -0.39 is 0 Å². The fraction of sp³-hybridized carbons (Fsp3) is 0.556. The normalized spacial score (nSPS) is 36.2. The number of nitrogens with one attached hydrogen (secondary N) is 1. The van der Waals surface area contributed by atoms with Gasteiger partial charge in [-0.3, -0.25) is 5.32 Å². The molecule has 0 aromatic carbocycles. The van der Waals surface area contributed by atoms with Gasteiger partial charge in [0.05, 0.1) is 18.9 Å². The monoisotopic (exact) mass is 151 g/mol. The molecule has 2 aliphatic rings. The Kier molecular flexibility index (Phi) is 1.59. The van der Waals surface area contributed by atoms with Gasteiger partial charge in [0.25, 0.3) is 0 Å². The highest BCUT2D eigenvalue weighted by Gasteiger charge is 2.31.